The van der Waals surface area contributed by atoms with Crippen molar-refractivity contribution in [3.8, 4) is 0 Å². The fourth-order valence-corrected chi connectivity index (χ4v) is 1.27. The summed E-state index contributed by atoms with van der Waals surface area (Å²) in [4.78, 5) is 9.71. The number of nitro groups is 1. The van der Waals surface area contributed by atoms with Crippen molar-refractivity contribution in [3.05, 3.63) is 75.3 Å². The second kappa shape index (κ2) is 6.58. The van der Waals surface area contributed by atoms with Gasteiger partial charge < -0.3 is 0 Å². The molecule has 0 fully saturated rings. The van der Waals surface area contributed by atoms with Crippen LogP contribution in [0.15, 0.2) is 42.5 Å². The van der Waals surface area contributed by atoms with Crippen LogP contribution in [0.25, 0.3) is 0 Å². The van der Waals surface area contributed by atoms with Gasteiger partial charge in [-0.25, -0.2) is 8.78 Å². The van der Waals surface area contributed by atoms with E-state index < -0.39 is 16.6 Å². The molecule has 0 aromatic heterocycles. The molecule has 0 aliphatic heterocycles. The third-order valence-corrected chi connectivity index (χ3v) is 2.32. The highest BCUT2D eigenvalue weighted by Gasteiger charge is 2.00. The highest BCUT2D eigenvalue weighted by molar-refractivity contribution is 5.32. The van der Waals surface area contributed by atoms with Crippen molar-refractivity contribution in [2.45, 2.75) is 13.8 Å². The van der Waals surface area contributed by atoms with E-state index in [0.29, 0.717) is 0 Å². The Morgan fingerprint density at radius 2 is 1.42 bits per heavy atom. The molecule has 0 spiro atoms. The van der Waals surface area contributed by atoms with Crippen LogP contribution < -0.4 is 0 Å². The number of halogens is 2. The molecule has 0 aliphatic carbocycles. The molecule has 5 heteroatoms. The van der Waals surface area contributed by atoms with Crippen LogP contribution in [0.2, 0.25) is 0 Å². The van der Waals surface area contributed by atoms with Gasteiger partial charge in [0.05, 0.1) is 4.92 Å². The lowest BCUT2D eigenvalue weighted by atomic mass is 10.2. The van der Waals surface area contributed by atoms with Gasteiger partial charge in [-0.15, -0.1) is 0 Å². The number of rotatable bonds is 1. The summed E-state index contributed by atoms with van der Waals surface area (Å²) in [6.07, 6.45) is 0. The van der Waals surface area contributed by atoms with Crippen molar-refractivity contribution in [3.63, 3.8) is 0 Å². The molecule has 2 rings (SSSR count). The fourth-order valence-electron chi connectivity index (χ4n) is 1.27. The predicted molar refractivity (Wildman–Crippen MR) is 68.9 cm³/mol. The van der Waals surface area contributed by atoms with Gasteiger partial charge >= 0.3 is 0 Å². The summed E-state index contributed by atoms with van der Waals surface area (Å²) in [5, 5.41) is 10.1. The number of hydrogen-bond acceptors (Lipinski definition) is 2. The van der Waals surface area contributed by atoms with Gasteiger partial charge in [0, 0.05) is 12.1 Å². The molecular weight excluding hydrogens is 252 g/mol. The van der Waals surface area contributed by atoms with Crippen molar-refractivity contribution in [2.24, 2.45) is 0 Å². The van der Waals surface area contributed by atoms with Crippen LogP contribution in [0.4, 0.5) is 14.5 Å². The molecule has 0 N–H and O–H groups in total. The molecule has 100 valence electrons. The van der Waals surface area contributed by atoms with Gasteiger partial charge in [0.1, 0.15) is 0 Å². The zero-order valence-electron chi connectivity index (χ0n) is 10.6. The monoisotopic (exact) mass is 265 g/mol. The molecule has 3 nitrogen and oxygen atoms in total. The normalized spacial score (nSPS) is 9.47. The fraction of sp³-hybridized carbons (Fsp3) is 0.143. The predicted octanol–water partition coefficient (Wildman–Crippen LogP) is 4.18. The Morgan fingerprint density at radius 1 is 0.895 bits per heavy atom. The second-order valence-electron chi connectivity index (χ2n) is 4.01. The van der Waals surface area contributed by atoms with Gasteiger partial charge in [-0.3, -0.25) is 10.1 Å². The Hall–Kier alpha value is -2.30. The standard InChI is InChI=1S/C7H6F2.C7H7NO2/c1-5-2-3-6(8)7(9)4-5;1-6-2-4-7(5-3-6)8(9)10/h2-4H,1H3;2-5H,1H3. The molecule has 0 saturated heterocycles. The highest BCUT2D eigenvalue weighted by Crippen LogP contribution is 2.10. The van der Waals surface area contributed by atoms with Gasteiger partial charge in [0.15, 0.2) is 11.6 Å². The minimum absolute atomic E-state index is 0.144. The van der Waals surface area contributed by atoms with E-state index in [-0.39, 0.29) is 5.69 Å². The minimum atomic E-state index is -0.791. The maximum atomic E-state index is 12.2. The lowest BCUT2D eigenvalue weighted by molar-refractivity contribution is -0.384. The topological polar surface area (TPSA) is 43.1 Å². The third-order valence-electron chi connectivity index (χ3n) is 2.32. The van der Waals surface area contributed by atoms with Gasteiger partial charge in [-0.1, -0.05) is 23.8 Å². The van der Waals surface area contributed by atoms with Crippen LogP contribution >= 0.6 is 0 Å². The zero-order valence-corrected chi connectivity index (χ0v) is 10.6. The van der Waals surface area contributed by atoms with Crippen molar-refractivity contribution in [1.82, 2.24) is 0 Å². The Morgan fingerprint density at radius 3 is 1.84 bits per heavy atom. The average molecular weight is 265 g/mol. The van der Waals surface area contributed by atoms with E-state index >= 15 is 0 Å². The second-order valence-corrected chi connectivity index (χ2v) is 4.01. The maximum Gasteiger partial charge on any atom is 0.269 e. The number of hydrogen-bond donors (Lipinski definition) is 0. The smallest absolute Gasteiger partial charge is 0.258 e. The van der Waals surface area contributed by atoms with Crippen LogP contribution in [-0.2, 0) is 0 Å². The van der Waals surface area contributed by atoms with E-state index in [1.54, 1.807) is 19.1 Å². The summed E-state index contributed by atoms with van der Waals surface area (Å²) in [6.45, 7) is 3.60. The molecule has 0 saturated carbocycles. The number of nitro benzene ring substituents is 1. The molecular formula is C14H13F2NO2. The van der Waals surface area contributed by atoms with E-state index in [1.807, 2.05) is 6.92 Å². The zero-order chi connectivity index (χ0) is 14.4. The van der Waals surface area contributed by atoms with Crippen molar-refractivity contribution < 1.29 is 13.7 Å². The molecule has 0 aliphatic rings. The first-order chi connectivity index (χ1) is 8.90. The Balaban J connectivity index is 0.000000191. The van der Waals surface area contributed by atoms with Crippen molar-refractivity contribution in [2.75, 3.05) is 0 Å². The Bertz CT molecular complexity index is 568. The summed E-state index contributed by atoms with van der Waals surface area (Å²) in [5.41, 5.74) is 1.91. The van der Waals surface area contributed by atoms with Crippen molar-refractivity contribution in [1.29, 1.82) is 0 Å². The number of non-ortho nitro benzene ring substituents is 1. The van der Waals surface area contributed by atoms with E-state index in [9.17, 15) is 18.9 Å². The first-order valence-corrected chi connectivity index (χ1v) is 5.53. The molecule has 0 heterocycles. The van der Waals surface area contributed by atoms with Crippen LogP contribution in [-0.4, -0.2) is 4.92 Å². The molecule has 0 bridgehead atoms. The van der Waals surface area contributed by atoms with E-state index in [4.69, 9.17) is 0 Å². The lowest BCUT2D eigenvalue weighted by Crippen LogP contribution is -1.86. The largest absolute Gasteiger partial charge is 0.269 e. The van der Waals surface area contributed by atoms with Crippen LogP contribution in [0, 0.1) is 35.6 Å². The van der Waals surface area contributed by atoms with E-state index in [0.717, 1.165) is 23.3 Å². The number of aryl methyl sites for hydroxylation is 2. The van der Waals surface area contributed by atoms with Gasteiger partial charge in [0.25, 0.3) is 5.69 Å². The van der Waals surface area contributed by atoms with Crippen molar-refractivity contribution >= 4 is 5.69 Å². The summed E-state index contributed by atoms with van der Waals surface area (Å²) >= 11 is 0. The van der Waals surface area contributed by atoms with Crippen LogP contribution in [0.3, 0.4) is 0 Å². The third kappa shape index (κ3) is 4.83. The molecule has 0 unspecified atom stereocenters. The Kier molecular flexibility index (Phi) is 5.11. The summed E-state index contributed by atoms with van der Waals surface area (Å²) in [7, 11) is 0. The molecule has 0 radical (unpaired) electrons. The van der Waals surface area contributed by atoms with Gasteiger partial charge in [-0.05, 0) is 31.5 Å². The molecule has 2 aromatic rings. The molecule has 2 aromatic carbocycles. The average Bonchev–Trinajstić information content (AvgIpc) is 2.35. The molecule has 0 atom stereocenters. The first-order valence-electron chi connectivity index (χ1n) is 5.53. The quantitative estimate of drug-likeness (QED) is 0.573. The highest BCUT2D eigenvalue weighted by atomic mass is 19.2. The number of benzene rings is 2. The van der Waals surface area contributed by atoms with E-state index in [1.165, 1.54) is 18.2 Å². The van der Waals surface area contributed by atoms with Gasteiger partial charge in [-0.2, -0.15) is 0 Å². The molecule has 0 amide bonds. The first kappa shape index (κ1) is 14.8. The Labute approximate surface area is 109 Å². The minimum Gasteiger partial charge on any atom is -0.258 e. The summed E-state index contributed by atoms with van der Waals surface area (Å²) in [6, 6.07) is 10.2. The SMILES string of the molecule is Cc1ccc(F)c(F)c1.Cc1ccc([N+](=O)[O-])cc1. The summed E-state index contributed by atoms with van der Waals surface area (Å²) < 4.78 is 24.3. The number of nitrogens with zero attached hydrogens (tertiary/aromatic N) is 1. The van der Waals surface area contributed by atoms with Crippen LogP contribution in [0.5, 0.6) is 0 Å². The van der Waals surface area contributed by atoms with Crippen LogP contribution in [0.1, 0.15) is 11.1 Å². The van der Waals surface area contributed by atoms with E-state index in [2.05, 4.69) is 0 Å². The summed E-state index contributed by atoms with van der Waals surface area (Å²) in [5.74, 6) is -1.57. The molecule has 19 heavy (non-hydrogen) atoms. The maximum absolute atomic E-state index is 12.2. The lowest BCUT2D eigenvalue weighted by Gasteiger charge is -1.91. The van der Waals surface area contributed by atoms with Gasteiger partial charge in [0.2, 0.25) is 0 Å².